The van der Waals surface area contributed by atoms with Gasteiger partial charge < -0.3 is 4.74 Å². The fourth-order valence-electron chi connectivity index (χ4n) is 2.61. The third-order valence-corrected chi connectivity index (χ3v) is 5.91. The van der Waals surface area contributed by atoms with Crippen LogP contribution in [-0.2, 0) is 9.53 Å². The summed E-state index contributed by atoms with van der Waals surface area (Å²) < 4.78 is 5.62. The van der Waals surface area contributed by atoms with Crippen molar-refractivity contribution in [1.82, 2.24) is 9.97 Å². The van der Waals surface area contributed by atoms with Crippen LogP contribution in [0, 0.1) is 13.8 Å². The Bertz CT molecular complexity index is 780. The first kappa shape index (κ1) is 18.0. The summed E-state index contributed by atoms with van der Waals surface area (Å²) in [6.07, 6.45) is 1.97. The Morgan fingerprint density at radius 1 is 1.40 bits per heavy atom. The maximum Gasteiger partial charge on any atom is 0.269 e. The molecule has 0 unspecified atom stereocenters. The first-order chi connectivity index (χ1) is 11.9. The summed E-state index contributed by atoms with van der Waals surface area (Å²) in [7, 11) is 0. The number of nitrogens with zero attached hydrogens (tertiary/aromatic N) is 3. The molecule has 2 aromatic heterocycles. The second-order valence-electron chi connectivity index (χ2n) is 5.92. The first-order valence-electron chi connectivity index (χ1n) is 8.04. The second kappa shape index (κ2) is 7.59. The molecule has 1 atom stereocenters. The summed E-state index contributed by atoms with van der Waals surface area (Å²) in [5.41, 5.74) is 1.46. The average Bonchev–Trinajstić information content (AvgIpc) is 3.26. The predicted octanol–water partition coefficient (Wildman–Crippen LogP) is 3.00. The number of hydrogen-bond donors (Lipinski definition) is 1. The van der Waals surface area contributed by atoms with Gasteiger partial charge in [0.1, 0.15) is 4.88 Å². The molecule has 25 heavy (non-hydrogen) atoms. The average molecular weight is 380 g/mol. The molecule has 0 radical (unpaired) electrons. The molecule has 1 saturated heterocycles. The van der Waals surface area contributed by atoms with E-state index < -0.39 is 0 Å². The number of thiazole rings is 2. The molecule has 3 rings (SSSR count). The van der Waals surface area contributed by atoms with E-state index in [1.165, 1.54) is 29.6 Å². The van der Waals surface area contributed by atoms with Crippen molar-refractivity contribution in [2.24, 2.45) is 0 Å². The van der Waals surface area contributed by atoms with Crippen LogP contribution in [0.1, 0.15) is 40.8 Å². The van der Waals surface area contributed by atoms with Crippen molar-refractivity contribution in [1.29, 1.82) is 0 Å². The van der Waals surface area contributed by atoms with Crippen molar-refractivity contribution in [2.75, 3.05) is 23.4 Å². The zero-order valence-corrected chi connectivity index (χ0v) is 16.0. The molecule has 0 bridgehead atoms. The van der Waals surface area contributed by atoms with E-state index >= 15 is 0 Å². The van der Waals surface area contributed by atoms with Gasteiger partial charge in [-0.15, -0.1) is 11.3 Å². The molecule has 1 fully saturated rings. The molecule has 9 heteroatoms. The lowest BCUT2D eigenvalue weighted by atomic mass is 10.2. The summed E-state index contributed by atoms with van der Waals surface area (Å²) >= 11 is 2.59. The van der Waals surface area contributed by atoms with Crippen LogP contribution in [0.15, 0.2) is 5.38 Å². The largest absolute Gasteiger partial charge is 0.376 e. The van der Waals surface area contributed by atoms with Crippen LogP contribution < -0.4 is 10.2 Å². The molecule has 0 spiro atoms. The van der Waals surface area contributed by atoms with E-state index in [0.29, 0.717) is 27.4 Å². The molecule has 1 aliphatic heterocycles. The quantitative estimate of drug-likeness (QED) is 0.862. The number of amides is 2. The van der Waals surface area contributed by atoms with Gasteiger partial charge in [0.2, 0.25) is 5.91 Å². The van der Waals surface area contributed by atoms with Crippen LogP contribution in [0.3, 0.4) is 0 Å². The van der Waals surface area contributed by atoms with Gasteiger partial charge in [0.05, 0.1) is 24.0 Å². The standard InChI is InChI=1S/C16H20N4O3S2/c1-9-8-24-15(17-9)19-14(22)13-10(2)18-16(25-13)20(11(3)21)7-12-5-4-6-23-12/h8,12H,4-7H2,1-3H3,(H,17,19,22)/t12-/m1/s1. The van der Waals surface area contributed by atoms with E-state index in [4.69, 9.17) is 4.74 Å². The number of nitrogens with one attached hydrogen (secondary N) is 1. The van der Waals surface area contributed by atoms with Crippen LogP contribution in [0.4, 0.5) is 10.3 Å². The highest BCUT2D eigenvalue weighted by Gasteiger charge is 2.26. The van der Waals surface area contributed by atoms with Crippen LogP contribution in [0.25, 0.3) is 0 Å². The van der Waals surface area contributed by atoms with Crippen LogP contribution in [0.5, 0.6) is 0 Å². The minimum absolute atomic E-state index is 0.0312. The molecule has 134 valence electrons. The molecular weight excluding hydrogens is 360 g/mol. The summed E-state index contributed by atoms with van der Waals surface area (Å²) in [6, 6.07) is 0. The topological polar surface area (TPSA) is 84.4 Å². The number of carbonyl (C=O) groups is 2. The number of ether oxygens (including phenoxy) is 1. The number of hydrogen-bond acceptors (Lipinski definition) is 7. The van der Waals surface area contributed by atoms with Gasteiger partial charge in [-0.2, -0.15) is 0 Å². The summed E-state index contributed by atoms with van der Waals surface area (Å²) in [5, 5.41) is 5.74. The Morgan fingerprint density at radius 2 is 2.20 bits per heavy atom. The second-order valence-corrected chi connectivity index (χ2v) is 7.76. The van der Waals surface area contributed by atoms with E-state index in [1.54, 1.807) is 11.8 Å². The molecule has 2 aromatic rings. The Kier molecular flexibility index (Phi) is 5.45. The molecule has 1 N–H and O–H groups in total. The highest BCUT2D eigenvalue weighted by molar-refractivity contribution is 7.18. The maximum atomic E-state index is 12.5. The Hall–Kier alpha value is -1.84. The zero-order chi connectivity index (χ0) is 18.0. The molecular formula is C16H20N4O3S2. The third-order valence-electron chi connectivity index (χ3n) is 3.85. The van der Waals surface area contributed by atoms with Gasteiger partial charge >= 0.3 is 0 Å². The molecule has 1 aliphatic rings. The van der Waals surface area contributed by atoms with E-state index in [0.717, 1.165) is 25.1 Å². The van der Waals surface area contributed by atoms with Gasteiger partial charge in [0, 0.05) is 18.9 Å². The molecule has 2 amide bonds. The molecule has 3 heterocycles. The zero-order valence-electron chi connectivity index (χ0n) is 14.4. The highest BCUT2D eigenvalue weighted by atomic mass is 32.1. The Labute approximate surface area is 154 Å². The van der Waals surface area contributed by atoms with Crippen molar-refractivity contribution in [3.8, 4) is 0 Å². The monoisotopic (exact) mass is 380 g/mol. The smallest absolute Gasteiger partial charge is 0.269 e. The van der Waals surface area contributed by atoms with Gasteiger partial charge in [0.15, 0.2) is 10.3 Å². The van der Waals surface area contributed by atoms with Gasteiger partial charge in [0.25, 0.3) is 5.91 Å². The summed E-state index contributed by atoms with van der Waals surface area (Å²) in [6.45, 7) is 6.34. The third kappa shape index (κ3) is 4.23. The molecule has 0 saturated carbocycles. The van der Waals surface area contributed by atoms with Gasteiger partial charge in [-0.1, -0.05) is 11.3 Å². The van der Waals surface area contributed by atoms with Crippen molar-refractivity contribution >= 4 is 44.8 Å². The van der Waals surface area contributed by atoms with Gasteiger partial charge in [-0.3, -0.25) is 19.8 Å². The van der Waals surface area contributed by atoms with E-state index in [1.807, 2.05) is 12.3 Å². The van der Waals surface area contributed by atoms with Gasteiger partial charge in [-0.25, -0.2) is 9.97 Å². The predicted molar refractivity (Wildman–Crippen MR) is 98.7 cm³/mol. The van der Waals surface area contributed by atoms with Crippen molar-refractivity contribution < 1.29 is 14.3 Å². The Morgan fingerprint density at radius 3 is 2.80 bits per heavy atom. The number of carbonyl (C=O) groups excluding carboxylic acids is 2. The number of rotatable bonds is 5. The van der Waals surface area contributed by atoms with Crippen LogP contribution in [-0.4, -0.2) is 41.0 Å². The van der Waals surface area contributed by atoms with E-state index in [9.17, 15) is 9.59 Å². The highest BCUT2D eigenvalue weighted by Crippen LogP contribution is 2.29. The summed E-state index contributed by atoms with van der Waals surface area (Å²) in [5.74, 6) is -0.358. The molecule has 7 nitrogen and oxygen atoms in total. The fraction of sp³-hybridized carbons (Fsp3) is 0.500. The van der Waals surface area contributed by atoms with Crippen molar-refractivity contribution in [3.63, 3.8) is 0 Å². The number of aryl methyl sites for hydroxylation is 2. The Balaban J connectivity index is 1.77. The summed E-state index contributed by atoms with van der Waals surface area (Å²) in [4.78, 5) is 35.3. The minimum atomic E-state index is -0.254. The maximum absolute atomic E-state index is 12.5. The van der Waals surface area contributed by atoms with Crippen LogP contribution in [0.2, 0.25) is 0 Å². The van der Waals surface area contributed by atoms with Crippen LogP contribution >= 0.6 is 22.7 Å². The van der Waals surface area contributed by atoms with E-state index in [2.05, 4.69) is 15.3 Å². The SMILES string of the molecule is CC(=O)N(C[C@H]1CCCO1)c1nc(C)c(C(=O)Nc2nc(C)cs2)s1. The number of anilines is 2. The fourth-order valence-corrected chi connectivity index (χ4v) is 4.31. The lowest BCUT2D eigenvalue weighted by Crippen LogP contribution is -2.35. The minimum Gasteiger partial charge on any atom is -0.376 e. The lowest BCUT2D eigenvalue weighted by molar-refractivity contribution is -0.116. The first-order valence-corrected chi connectivity index (χ1v) is 9.74. The van der Waals surface area contributed by atoms with Gasteiger partial charge in [-0.05, 0) is 26.7 Å². The normalized spacial score (nSPS) is 16.8. The number of aromatic nitrogens is 2. The van der Waals surface area contributed by atoms with Crippen molar-refractivity contribution in [2.45, 2.75) is 39.7 Å². The lowest BCUT2D eigenvalue weighted by Gasteiger charge is -2.21. The van der Waals surface area contributed by atoms with Crippen molar-refractivity contribution in [3.05, 3.63) is 21.6 Å². The molecule has 0 aromatic carbocycles. The molecule has 0 aliphatic carbocycles. The van der Waals surface area contributed by atoms with E-state index in [-0.39, 0.29) is 17.9 Å².